The van der Waals surface area contributed by atoms with E-state index in [0.29, 0.717) is 0 Å². The van der Waals surface area contributed by atoms with E-state index in [2.05, 4.69) is 45.7 Å². The van der Waals surface area contributed by atoms with Crippen molar-refractivity contribution in [3.05, 3.63) is 66.2 Å². The molecule has 0 N–H and O–H groups in total. The molecular formula is C40H47N3O3. The number of fused-ring (bicyclic) bond motifs is 7. The maximum absolute atomic E-state index is 14.8. The zero-order valence-electron chi connectivity index (χ0n) is 28.4. The third kappa shape index (κ3) is 3.93. The molecule has 0 bridgehead atoms. The molecule has 7 rings (SSSR count). The summed E-state index contributed by atoms with van der Waals surface area (Å²) in [5, 5.41) is 10.0. The number of imidazole rings is 1. The van der Waals surface area contributed by atoms with Crippen LogP contribution in [-0.2, 0) is 9.59 Å². The predicted molar refractivity (Wildman–Crippen MR) is 177 cm³/mol. The number of nitriles is 1. The van der Waals surface area contributed by atoms with Crippen molar-refractivity contribution < 1.29 is 14.4 Å². The van der Waals surface area contributed by atoms with Crippen LogP contribution in [0.5, 0.6) is 0 Å². The van der Waals surface area contributed by atoms with Gasteiger partial charge in [0.05, 0.1) is 16.7 Å². The van der Waals surface area contributed by atoms with Crippen molar-refractivity contribution in [3.63, 3.8) is 0 Å². The Kier molecular flexibility index (Phi) is 6.56. The van der Waals surface area contributed by atoms with Crippen molar-refractivity contribution in [2.24, 2.45) is 50.2 Å². The first kappa shape index (κ1) is 31.0. The second kappa shape index (κ2) is 9.72. The van der Waals surface area contributed by atoms with Crippen LogP contribution in [0.4, 0.5) is 0 Å². The molecule has 46 heavy (non-hydrogen) atoms. The van der Waals surface area contributed by atoms with Crippen molar-refractivity contribution in [2.45, 2.75) is 93.4 Å². The van der Waals surface area contributed by atoms with Gasteiger partial charge in [-0.1, -0.05) is 90.4 Å². The van der Waals surface area contributed by atoms with Crippen LogP contribution in [0.3, 0.4) is 0 Å². The van der Waals surface area contributed by atoms with E-state index in [1.807, 2.05) is 62.5 Å². The molecule has 0 aliphatic heterocycles. The highest BCUT2D eigenvalue weighted by molar-refractivity contribution is 6.04. The van der Waals surface area contributed by atoms with E-state index in [9.17, 15) is 19.6 Å². The molecule has 3 saturated carbocycles. The number of hydrogen-bond acceptors (Lipinski definition) is 5. The summed E-state index contributed by atoms with van der Waals surface area (Å²) >= 11 is 0. The molecule has 5 aliphatic carbocycles. The largest absolute Gasteiger partial charge is 0.295 e. The molecule has 5 aliphatic rings. The summed E-state index contributed by atoms with van der Waals surface area (Å²) in [6, 6.07) is 12.1. The molecule has 1 heterocycles. The lowest BCUT2D eigenvalue weighted by atomic mass is 9.34. The van der Waals surface area contributed by atoms with Gasteiger partial charge in [0.1, 0.15) is 12.4 Å². The van der Waals surface area contributed by atoms with Gasteiger partial charge in [-0.2, -0.15) is 5.26 Å². The summed E-state index contributed by atoms with van der Waals surface area (Å²) in [6.07, 6.45) is 13.1. The van der Waals surface area contributed by atoms with Gasteiger partial charge in [-0.05, 0) is 79.1 Å². The molecule has 6 heteroatoms. The van der Waals surface area contributed by atoms with Crippen LogP contribution >= 0.6 is 0 Å². The Balaban J connectivity index is 1.34. The number of rotatable bonds is 2. The monoisotopic (exact) mass is 617 g/mol. The Morgan fingerprint density at radius 1 is 0.957 bits per heavy atom. The van der Waals surface area contributed by atoms with Crippen LogP contribution in [0.25, 0.3) is 11.3 Å². The molecule has 0 amide bonds. The number of nitrogens with zero attached hydrogens (tertiary/aromatic N) is 3. The van der Waals surface area contributed by atoms with Crippen LogP contribution in [0.1, 0.15) is 98.2 Å². The van der Waals surface area contributed by atoms with Crippen molar-refractivity contribution in [3.8, 4) is 17.3 Å². The quantitative estimate of drug-likeness (QED) is 0.337. The Hall–Kier alpha value is -3.59. The second-order valence-corrected chi connectivity index (χ2v) is 17.3. The maximum Gasteiger partial charge on any atom is 0.238 e. The van der Waals surface area contributed by atoms with Gasteiger partial charge in [0.15, 0.2) is 11.6 Å². The topological polar surface area (TPSA) is 92.8 Å². The Morgan fingerprint density at radius 3 is 2.35 bits per heavy atom. The van der Waals surface area contributed by atoms with E-state index in [0.717, 1.165) is 61.8 Å². The molecular weight excluding hydrogens is 570 g/mol. The highest BCUT2D eigenvalue weighted by atomic mass is 16.2. The second-order valence-electron chi connectivity index (χ2n) is 17.3. The summed E-state index contributed by atoms with van der Waals surface area (Å²) in [5.74, 6) is -0.264. The number of Topliss-reactive ketones (excluding diaryl/α,β-unsaturated/α-hetero) is 1. The van der Waals surface area contributed by atoms with Gasteiger partial charge in [0.2, 0.25) is 5.91 Å². The summed E-state index contributed by atoms with van der Waals surface area (Å²) in [7, 11) is 0. The van der Waals surface area contributed by atoms with E-state index >= 15 is 0 Å². The molecule has 6 nitrogen and oxygen atoms in total. The van der Waals surface area contributed by atoms with Crippen molar-refractivity contribution >= 4 is 17.5 Å². The van der Waals surface area contributed by atoms with Crippen LogP contribution in [0.15, 0.2) is 66.2 Å². The number of carbonyl (C=O) groups is 3. The number of aromatic nitrogens is 2. The van der Waals surface area contributed by atoms with Crippen LogP contribution in [0, 0.1) is 61.6 Å². The zero-order valence-corrected chi connectivity index (χ0v) is 28.4. The zero-order chi connectivity index (χ0) is 33.1. The maximum atomic E-state index is 14.8. The van der Waals surface area contributed by atoms with Gasteiger partial charge in [-0.25, -0.2) is 4.98 Å². The van der Waals surface area contributed by atoms with E-state index in [-0.39, 0.29) is 57.0 Å². The van der Waals surface area contributed by atoms with E-state index in [1.54, 1.807) is 10.9 Å². The highest BCUT2D eigenvalue weighted by Gasteiger charge is 2.71. The Bertz CT molecular complexity index is 1770. The molecule has 240 valence electrons. The smallest absolute Gasteiger partial charge is 0.238 e. The molecule has 0 radical (unpaired) electrons. The number of allylic oxidation sites excluding steroid dienone is 4. The molecule has 2 aromatic rings. The minimum Gasteiger partial charge on any atom is -0.295 e. The highest BCUT2D eigenvalue weighted by Crippen LogP contribution is 2.74. The molecule has 3 fully saturated rings. The van der Waals surface area contributed by atoms with Crippen molar-refractivity contribution in [1.29, 1.82) is 5.26 Å². The lowest BCUT2D eigenvalue weighted by Crippen LogP contribution is -2.66. The third-order valence-corrected chi connectivity index (χ3v) is 14.2. The predicted octanol–water partition coefficient (Wildman–Crippen LogP) is 8.41. The van der Waals surface area contributed by atoms with Gasteiger partial charge < -0.3 is 0 Å². The minimum atomic E-state index is -0.692. The SMILES string of the molecule is CC1(C)CCC2(C(=O)n3cnc(-c4ccccc4)c3)CCC3(C)C(C(=O)C=C4C5(C)C=C(C#N)C(=O)C(C)(C)C5CCC43C)C2C1. The van der Waals surface area contributed by atoms with Crippen LogP contribution in [0.2, 0.25) is 0 Å². The molecule has 1 aromatic carbocycles. The van der Waals surface area contributed by atoms with Gasteiger partial charge >= 0.3 is 0 Å². The van der Waals surface area contributed by atoms with E-state index in [4.69, 9.17) is 0 Å². The number of ketones is 2. The Morgan fingerprint density at radius 2 is 1.65 bits per heavy atom. The first-order valence-electron chi connectivity index (χ1n) is 17.1. The lowest BCUT2D eigenvalue weighted by molar-refractivity contribution is -0.164. The fourth-order valence-corrected chi connectivity index (χ4v) is 11.5. The molecule has 1 aromatic heterocycles. The summed E-state index contributed by atoms with van der Waals surface area (Å²) in [6.45, 7) is 15.4. The molecule has 0 saturated heterocycles. The average molecular weight is 618 g/mol. The fourth-order valence-electron chi connectivity index (χ4n) is 11.5. The minimum absolute atomic E-state index is 0.00907. The summed E-state index contributed by atoms with van der Waals surface area (Å²) < 4.78 is 1.70. The normalized spacial score (nSPS) is 39.0. The molecule has 7 unspecified atom stereocenters. The standard InChI is InChI=1S/C40H47N3O3/c1-35(2)15-17-40(34(46)43-23-28(42-24-43)25-11-9-8-10-12-25)18-16-39(7)32(27(40)21-35)29(44)19-31-37(5)20-26(22-41)33(45)36(3,4)30(37)13-14-38(31,39)6/h8-12,19-20,23-24,27,30,32H,13-18,21H2,1-7H3. The van der Waals surface area contributed by atoms with Gasteiger partial charge in [0.25, 0.3) is 0 Å². The number of hydrogen-bond donors (Lipinski definition) is 0. The summed E-state index contributed by atoms with van der Waals surface area (Å²) in [4.78, 5) is 47.6. The van der Waals surface area contributed by atoms with Gasteiger partial charge in [-0.15, -0.1) is 0 Å². The first-order valence-corrected chi connectivity index (χ1v) is 17.1. The van der Waals surface area contributed by atoms with Gasteiger partial charge in [0, 0.05) is 28.5 Å². The number of benzene rings is 1. The Labute approximate surface area is 273 Å². The lowest BCUT2D eigenvalue weighted by Gasteiger charge is -2.69. The van der Waals surface area contributed by atoms with Crippen LogP contribution < -0.4 is 0 Å². The van der Waals surface area contributed by atoms with Gasteiger partial charge in [-0.3, -0.25) is 19.0 Å². The van der Waals surface area contributed by atoms with Crippen LogP contribution in [-0.4, -0.2) is 27.0 Å². The molecule has 7 atom stereocenters. The average Bonchev–Trinajstić information content (AvgIpc) is 3.50. The fraction of sp³-hybridized carbons (Fsp3) is 0.575. The molecule has 0 spiro atoms. The third-order valence-electron chi connectivity index (χ3n) is 14.2. The van der Waals surface area contributed by atoms with Crippen molar-refractivity contribution in [2.75, 3.05) is 0 Å². The van der Waals surface area contributed by atoms with Crippen molar-refractivity contribution in [1.82, 2.24) is 9.55 Å². The van der Waals surface area contributed by atoms with E-state index in [1.165, 1.54) is 0 Å². The van der Waals surface area contributed by atoms with E-state index < -0.39 is 16.2 Å². The summed E-state index contributed by atoms with van der Waals surface area (Å²) in [5.41, 5.74) is 0.498. The number of carbonyl (C=O) groups excluding carboxylic acids is 3. The first-order chi connectivity index (χ1) is 21.5.